The predicted molar refractivity (Wildman–Crippen MR) is 78.2 cm³/mol. The minimum Gasteiger partial charge on any atom is -0.478 e. The van der Waals surface area contributed by atoms with Gasteiger partial charge in [0.2, 0.25) is 0 Å². The van der Waals surface area contributed by atoms with Gasteiger partial charge in [0.25, 0.3) is 11.8 Å². The Hall–Kier alpha value is -2.66. The Bertz CT molecular complexity index is 722. The van der Waals surface area contributed by atoms with Gasteiger partial charge in [-0.2, -0.15) is 0 Å². The van der Waals surface area contributed by atoms with Crippen LogP contribution in [0.4, 0.5) is 5.69 Å². The zero-order chi connectivity index (χ0) is 14.3. The Labute approximate surface area is 126 Å². The van der Waals surface area contributed by atoms with Crippen LogP contribution in [0, 0.1) is 0 Å². The summed E-state index contributed by atoms with van der Waals surface area (Å²) in [5.41, 5.74) is 0.587. The minimum absolute atomic E-state index is 0. The second-order valence-corrected chi connectivity index (χ2v) is 4.31. The second-order valence-electron chi connectivity index (χ2n) is 4.31. The summed E-state index contributed by atoms with van der Waals surface area (Å²) < 4.78 is 0. The first-order valence-electron chi connectivity index (χ1n) is 5.91. The van der Waals surface area contributed by atoms with Crippen LogP contribution in [0.5, 0.6) is 0 Å². The van der Waals surface area contributed by atoms with E-state index in [2.05, 4.69) is 0 Å². The van der Waals surface area contributed by atoms with E-state index in [0.29, 0.717) is 0 Å². The Morgan fingerprint density at radius 3 is 1.86 bits per heavy atom. The molecule has 0 saturated carbocycles. The lowest BCUT2D eigenvalue weighted by Gasteiger charge is -2.16. The van der Waals surface area contributed by atoms with Gasteiger partial charge in [0.1, 0.15) is 0 Å². The molecule has 2 amide bonds. The van der Waals surface area contributed by atoms with Gasteiger partial charge in [0, 0.05) is 0 Å². The van der Waals surface area contributed by atoms with Gasteiger partial charge in [-0.05, 0) is 24.3 Å². The zero-order valence-corrected chi connectivity index (χ0v) is 11.5. The van der Waals surface area contributed by atoms with Crippen molar-refractivity contribution in [1.82, 2.24) is 0 Å². The van der Waals surface area contributed by atoms with E-state index in [1.807, 2.05) is 0 Å². The number of para-hydroxylation sites is 1. The number of anilines is 1. The molecule has 2 aromatic carbocycles. The maximum Gasteiger partial charge on any atom is 0.337 e. The molecule has 0 bridgehead atoms. The number of amides is 2. The molecule has 0 aromatic heterocycles. The summed E-state index contributed by atoms with van der Waals surface area (Å²) in [6.45, 7) is 0. The molecule has 0 unspecified atom stereocenters. The third-order valence-electron chi connectivity index (χ3n) is 3.17. The van der Waals surface area contributed by atoms with Crippen molar-refractivity contribution in [1.29, 1.82) is 0 Å². The number of hydrogen-bond acceptors (Lipinski definition) is 3. The summed E-state index contributed by atoms with van der Waals surface area (Å²) in [6.07, 6.45) is 0. The molecule has 21 heavy (non-hydrogen) atoms. The third-order valence-corrected chi connectivity index (χ3v) is 3.17. The molecule has 3 rings (SSSR count). The van der Waals surface area contributed by atoms with Crippen molar-refractivity contribution in [2.24, 2.45) is 0 Å². The highest BCUT2D eigenvalue weighted by Crippen LogP contribution is 2.30. The first-order valence-corrected chi connectivity index (χ1v) is 5.91. The van der Waals surface area contributed by atoms with Crippen LogP contribution in [0.15, 0.2) is 48.5 Å². The molecule has 5 nitrogen and oxygen atoms in total. The van der Waals surface area contributed by atoms with E-state index in [-0.39, 0.29) is 34.8 Å². The quantitative estimate of drug-likeness (QED) is 0.865. The number of aromatic carboxylic acids is 1. The second kappa shape index (κ2) is 5.38. The van der Waals surface area contributed by atoms with Crippen LogP contribution in [0.25, 0.3) is 0 Å². The average molecular weight is 304 g/mol. The van der Waals surface area contributed by atoms with E-state index in [9.17, 15) is 14.4 Å². The average Bonchev–Trinajstić information content (AvgIpc) is 2.71. The van der Waals surface area contributed by atoms with Crippen LogP contribution in [0.3, 0.4) is 0 Å². The maximum atomic E-state index is 12.3. The van der Waals surface area contributed by atoms with Gasteiger partial charge in [0.15, 0.2) is 0 Å². The Kier molecular flexibility index (Phi) is 3.78. The number of carboxylic acid groups (broad SMARTS) is 1. The number of imide groups is 1. The molecule has 6 heteroatoms. The van der Waals surface area contributed by atoms with Gasteiger partial charge >= 0.3 is 5.97 Å². The van der Waals surface area contributed by atoms with Crippen molar-refractivity contribution >= 4 is 35.9 Å². The van der Waals surface area contributed by atoms with Crippen LogP contribution in [-0.2, 0) is 0 Å². The number of carboxylic acids is 1. The molecule has 0 spiro atoms. The van der Waals surface area contributed by atoms with Crippen molar-refractivity contribution < 1.29 is 19.5 Å². The summed E-state index contributed by atoms with van der Waals surface area (Å²) in [7, 11) is 0. The molecular weight excluding hydrogens is 294 g/mol. The van der Waals surface area contributed by atoms with Gasteiger partial charge in [-0.15, -0.1) is 12.4 Å². The molecular formula is C15H10ClNO4. The number of nitrogens with zero attached hydrogens (tertiary/aromatic N) is 1. The first kappa shape index (κ1) is 14.7. The lowest BCUT2D eigenvalue weighted by molar-refractivity contribution is 0.0698. The van der Waals surface area contributed by atoms with Gasteiger partial charge < -0.3 is 5.11 Å². The van der Waals surface area contributed by atoms with E-state index in [1.165, 1.54) is 12.1 Å². The van der Waals surface area contributed by atoms with Gasteiger partial charge in [0.05, 0.1) is 22.4 Å². The van der Waals surface area contributed by atoms with Crippen molar-refractivity contribution in [2.45, 2.75) is 0 Å². The van der Waals surface area contributed by atoms with Crippen LogP contribution in [0.2, 0.25) is 0 Å². The normalized spacial score (nSPS) is 12.9. The highest BCUT2D eigenvalue weighted by Gasteiger charge is 2.37. The number of carbonyl (C=O) groups is 3. The van der Waals surface area contributed by atoms with Crippen molar-refractivity contribution in [3.05, 3.63) is 65.2 Å². The van der Waals surface area contributed by atoms with E-state index in [1.54, 1.807) is 36.4 Å². The lowest BCUT2D eigenvalue weighted by Crippen LogP contribution is -2.30. The maximum absolute atomic E-state index is 12.3. The Balaban J connectivity index is 0.00000161. The number of halogens is 1. The molecule has 2 aromatic rings. The number of benzene rings is 2. The van der Waals surface area contributed by atoms with E-state index < -0.39 is 17.8 Å². The summed E-state index contributed by atoms with van der Waals surface area (Å²) >= 11 is 0. The van der Waals surface area contributed by atoms with Gasteiger partial charge in [-0.3, -0.25) is 9.59 Å². The van der Waals surface area contributed by atoms with Gasteiger partial charge in [-0.1, -0.05) is 24.3 Å². The summed E-state index contributed by atoms with van der Waals surface area (Å²) in [6, 6.07) is 12.4. The number of rotatable bonds is 2. The molecule has 1 N–H and O–H groups in total. The van der Waals surface area contributed by atoms with Gasteiger partial charge in [-0.25, -0.2) is 9.69 Å². The monoisotopic (exact) mass is 303 g/mol. The number of fused-ring (bicyclic) bond motifs is 1. The molecule has 0 radical (unpaired) electrons. The highest BCUT2D eigenvalue weighted by atomic mass is 35.5. The van der Waals surface area contributed by atoms with Crippen LogP contribution in [0.1, 0.15) is 31.1 Å². The SMILES string of the molecule is Cl.O=C(O)c1ccccc1N1C(=O)c2ccccc2C1=O. The lowest BCUT2D eigenvalue weighted by atomic mass is 10.1. The molecule has 1 aliphatic heterocycles. The first-order chi connectivity index (χ1) is 9.61. The fraction of sp³-hybridized carbons (Fsp3) is 0. The van der Waals surface area contributed by atoms with Crippen LogP contribution >= 0.6 is 12.4 Å². The number of hydrogen-bond donors (Lipinski definition) is 1. The molecule has 1 heterocycles. The fourth-order valence-electron chi connectivity index (χ4n) is 2.26. The molecule has 0 atom stereocenters. The zero-order valence-electron chi connectivity index (χ0n) is 10.6. The standard InChI is InChI=1S/C15H9NO4.ClH/c17-13-9-5-1-2-6-10(9)14(18)16(13)12-8-4-3-7-11(12)15(19)20;/h1-8H,(H,19,20);1H. The fourth-order valence-corrected chi connectivity index (χ4v) is 2.26. The molecule has 106 valence electrons. The highest BCUT2D eigenvalue weighted by molar-refractivity contribution is 6.35. The molecule has 1 aliphatic rings. The summed E-state index contributed by atoms with van der Waals surface area (Å²) in [4.78, 5) is 36.7. The summed E-state index contributed by atoms with van der Waals surface area (Å²) in [5.74, 6) is -2.18. The van der Waals surface area contributed by atoms with Crippen molar-refractivity contribution in [2.75, 3.05) is 4.90 Å². The van der Waals surface area contributed by atoms with Crippen LogP contribution < -0.4 is 4.90 Å². The number of carbonyl (C=O) groups excluding carboxylic acids is 2. The minimum atomic E-state index is -1.18. The molecule has 0 fully saturated rings. The predicted octanol–water partition coefficient (Wildman–Crippen LogP) is 2.61. The van der Waals surface area contributed by atoms with E-state index >= 15 is 0 Å². The Morgan fingerprint density at radius 1 is 0.857 bits per heavy atom. The van der Waals surface area contributed by atoms with E-state index in [4.69, 9.17) is 5.11 Å². The topological polar surface area (TPSA) is 74.7 Å². The van der Waals surface area contributed by atoms with Crippen LogP contribution in [-0.4, -0.2) is 22.9 Å². The van der Waals surface area contributed by atoms with Crippen molar-refractivity contribution in [3.8, 4) is 0 Å². The molecule has 0 saturated heterocycles. The van der Waals surface area contributed by atoms with E-state index in [0.717, 1.165) is 4.90 Å². The van der Waals surface area contributed by atoms with Crippen molar-refractivity contribution in [3.63, 3.8) is 0 Å². The Morgan fingerprint density at radius 2 is 1.33 bits per heavy atom. The smallest absolute Gasteiger partial charge is 0.337 e. The molecule has 0 aliphatic carbocycles. The largest absolute Gasteiger partial charge is 0.478 e. The third kappa shape index (κ3) is 2.17. The summed E-state index contributed by atoms with van der Waals surface area (Å²) in [5, 5.41) is 9.17.